The van der Waals surface area contributed by atoms with Crippen LogP contribution < -0.4 is 4.90 Å². The van der Waals surface area contributed by atoms with Crippen LogP contribution in [0, 0.1) is 20.8 Å². The molecular formula is C18H22N6O. The predicted octanol–water partition coefficient (Wildman–Crippen LogP) is 3.36. The van der Waals surface area contributed by atoms with Gasteiger partial charge in [-0.1, -0.05) is 5.16 Å². The molecule has 3 heterocycles. The van der Waals surface area contributed by atoms with E-state index >= 15 is 0 Å². The number of anilines is 1. The monoisotopic (exact) mass is 338 g/mol. The number of rotatable bonds is 4. The highest BCUT2D eigenvalue weighted by Gasteiger charge is 2.16. The Hall–Kier alpha value is -2.83. The molecule has 0 bridgehead atoms. The van der Waals surface area contributed by atoms with Crippen LogP contribution in [-0.2, 0) is 0 Å². The van der Waals surface area contributed by atoms with E-state index in [1.54, 1.807) is 0 Å². The van der Waals surface area contributed by atoms with Crippen LogP contribution in [0.1, 0.15) is 30.9 Å². The highest BCUT2D eigenvalue weighted by molar-refractivity contribution is 5.59. The van der Waals surface area contributed by atoms with E-state index in [0.717, 1.165) is 22.6 Å². The van der Waals surface area contributed by atoms with Crippen LogP contribution >= 0.6 is 0 Å². The molecule has 0 spiro atoms. The molecule has 0 fully saturated rings. The quantitative estimate of drug-likeness (QED) is 0.721. The second kappa shape index (κ2) is 6.58. The first-order valence-corrected chi connectivity index (χ1v) is 8.21. The Morgan fingerprint density at radius 3 is 2.16 bits per heavy atom. The standard InChI is InChI=1S/C18H22N6O/c1-10(2)24(6)18-20-13(5)9-15(21-18)17-22-16(23-25-17)14-7-11(3)19-12(4)8-14/h7-10H,1-6H3. The number of nitrogens with zero attached hydrogens (tertiary/aromatic N) is 6. The normalized spacial score (nSPS) is 11.2. The molecule has 0 saturated heterocycles. The molecule has 3 aromatic rings. The molecule has 7 nitrogen and oxygen atoms in total. The van der Waals surface area contributed by atoms with E-state index < -0.39 is 0 Å². The fourth-order valence-corrected chi connectivity index (χ4v) is 2.46. The fourth-order valence-electron chi connectivity index (χ4n) is 2.46. The van der Waals surface area contributed by atoms with E-state index in [-0.39, 0.29) is 6.04 Å². The van der Waals surface area contributed by atoms with Crippen molar-refractivity contribution in [3.05, 3.63) is 35.3 Å². The van der Waals surface area contributed by atoms with E-state index in [1.807, 2.05) is 50.9 Å². The van der Waals surface area contributed by atoms with Crippen molar-refractivity contribution in [2.24, 2.45) is 0 Å². The minimum Gasteiger partial charge on any atom is -0.341 e. The Labute approximate surface area is 147 Å². The maximum atomic E-state index is 5.44. The van der Waals surface area contributed by atoms with Gasteiger partial charge in [-0.15, -0.1) is 0 Å². The number of hydrogen-bond acceptors (Lipinski definition) is 7. The summed E-state index contributed by atoms with van der Waals surface area (Å²) >= 11 is 0. The lowest BCUT2D eigenvalue weighted by Crippen LogP contribution is -2.27. The Bertz CT molecular complexity index is 882. The van der Waals surface area contributed by atoms with Gasteiger partial charge in [-0.2, -0.15) is 4.98 Å². The molecule has 7 heteroatoms. The number of pyridine rings is 1. The molecule has 0 aliphatic rings. The number of aryl methyl sites for hydroxylation is 3. The van der Waals surface area contributed by atoms with Crippen LogP contribution in [0.15, 0.2) is 22.7 Å². The third-order valence-corrected chi connectivity index (χ3v) is 3.92. The van der Waals surface area contributed by atoms with Gasteiger partial charge in [0.25, 0.3) is 5.89 Å². The summed E-state index contributed by atoms with van der Waals surface area (Å²) in [5.74, 6) is 1.55. The second-order valence-corrected chi connectivity index (χ2v) is 6.46. The van der Waals surface area contributed by atoms with Gasteiger partial charge in [-0.05, 0) is 52.8 Å². The Kier molecular flexibility index (Phi) is 4.48. The lowest BCUT2D eigenvalue weighted by molar-refractivity contribution is 0.431. The summed E-state index contributed by atoms with van der Waals surface area (Å²) in [5.41, 5.74) is 4.18. The molecule has 3 aromatic heterocycles. The van der Waals surface area contributed by atoms with Gasteiger partial charge in [-0.3, -0.25) is 4.98 Å². The molecule has 0 aliphatic carbocycles. The van der Waals surface area contributed by atoms with Crippen LogP contribution in [0.5, 0.6) is 0 Å². The van der Waals surface area contributed by atoms with Crippen molar-refractivity contribution in [3.8, 4) is 23.0 Å². The van der Waals surface area contributed by atoms with Gasteiger partial charge in [-0.25, -0.2) is 9.97 Å². The number of aromatic nitrogens is 5. The minimum atomic E-state index is 0.288. The summed E-state index contributed by atoms with van der Waals surface area (Å²) < 4.78 is 5.44. The third kappa shape index (κ3) is 3.65. The largest absolute Gasteiger partial charge is 0.341 e. The number of hydrogen-bond donors (Lipinski definition) is 0. The summed E-state index contributed by atoms with van der Waals surface area (Å²) in [4.78, 5) is 19.9. The molecule has 0 aromatic carbocycles. The molecule has 3 rings (SSSR count). The summed E-state index contributed by atoms with van der Waals surface area (Å²) in [6.45, 7) is 9.99. The van der Waals surface area contributed by atoms with E-state index in [4.69, 9.17) is 4.52 Å². The molecule has 0 aliphatic heterocycles. The van der Waals surface area contributed by atoms with Gasteiger partial charge >= 0.3 is 0 Å². The van der Waals surface area contributed by atoms with Crippen LogP contribution in [0.3, 0.4) is 0 Å². The van der Waals surface area contributed by atoms with Crippen molar-refractivity contribution in [1.29, 1.82) is 0 Å². The van der Waals surface area contributed by atoms with Gasteiger partial charge in [0.05, 0.1) is 0 Å². The average molecular weight is 338 g/mol. The van der Waals surface area contributed by atoms with Crippen molar-refractivity contribution in [2.45, 2.75) is 40.7 Å². The molecule has 0 N–H and O–H groups in total. The minimum absolute atomic E-state index is 0.288. The van der Waals surface area contributed by atoms with E-state index in [2.05, 4.69) is 38.9 Å². The SMILES string of the molecule is Cc1cc(-c2noc(-c3cc(C)nc(N(C)C(C)C)n3)n2)cc(C)n1. The van der Waals surface area contributed by atoms with Crippen LogP contribution in [0.2, 0.25) is 0 Å². The first-order chi connectivity index (χ1) is 11.8. The maximum absolute atomic E-state index is 5.44. The highest BCUT2D eigenvalue weighted by atomic mass is 16.5. The zero-order chi connectivity index (χ0) is 18.1. The van der Waals surface area contributed by atoms with E-state index in [0.29, 0.717) is 23.4 Å². The molecular weight excluding hydrogens is 316 g/mol. The highest BCUT2D eigenvalue weighted by Crippen LogP contribution is 2.24. The molecule has 0 radical (unpaired) electrons. The zero-order valence-electron chi connectivity index (χ0n) is 15.4. The topological polar surface area (TPSA) is 80.8 Å². The van der Waals surface area contributed by atoms with Crippen LogP contribution in [0.25, 0.3) is 23.0 Å². The Morgan fingerprint density at radius 2 is 1.52 bits per heavy atom. The maximum Gasteiger partial charge on any atom is 0.277 e. The van der Waals surface area contributed by atoms with Crippen LogP contribution in [0.4, 0.5) is 5.95 Å². The van der Waals surface area contributed by atoms with Gasteiger partial charge in [0, 0.05) is 35.7 Å². The lowest BCUT2D eigenvalue weighted by atomic mass is 10.2. The molecule has 0 amide bonds. The summed E-state index contributed by atoms with van der Waals surface area (Å²) in [6, 6.07) is 6.00. The Morgan fingerprint density at radius 1 is 0.880 bits per heavy atom. The smallest absolute Gasteiger partial charge is 0.277 e. The molecule has 25 heavy (non-hydrogen) atoms. The zero-order valence-corrected chi connectivity index (χ0v) is 15.4. The fraction of sp³-hybridized carbons (Fsp3) is 0.389. The summed E-state index contributed by atoms with van der Waals surface area (Å²) in [7, 11) is 1.96. The first-order valence-electron chi connectivity index (χ1n) is 8.21. The van der Waals surface area contributed by atoms with Crippen molar-refractivity contribution >= 4 is 5.95 Å². The van der Waals surface area contributed by atoms with Gasteiger partial charge < -0.3 is 9.42 Å². The van der Waals surface area contributed by atoms with Crippen molar-refractivity contribution < 1.29 is 4.52 Å². The average Bonchev–Trinajstić information content (AvgIpc) is 3.02. The molecule has 0 atom stereocenters. The van der Waals surface area contributed by atoms with E-state index in [9.17, 15) is 0 Å². The van der Waals surface area contributed by atoms with Gasteiger partial charge in [0.2, 0.25) is 11.8 Å². The molecule has 0 unspecified atom stereocenters. The summed E-state index contributed by atoms with van der Waals surface area (Å²) in [6.07, 6.45) is 0. The second-order valence-electron chi connectivity index (χ2n) is 6.46. The first kappa shape index (κ1) is 17.0. The van der Waals surface area contributed by atoms with Gasteiger partial charge in [0.15, 0.2) is 0 Å². The van der Waals surface area contributed by atoms with Crippen LogP contribution in [-0.4, -0.2) is 38.2 Å². The van der Waals surface area contributed by atoms with Crippen molar-refractivity contribution in [1.82, 2.24) is 25.1 Å². The third-order valence-electron chi connectivity index (χ3n) is 3.92. The molecule has 130 valence electrons. The summed E-state index contributed by atoms with van der Waals surface area (Å²) in [5, 5.41) is 4.10. The lowest BCUT2D eigenvalue weighted by Gasteiger charge is -2.21. The van der Waals surface area contributed by atoms with Crippen molar-refractivity contribution in [3.63, 3.8) is 0 Å². The molecule has 0 saturated carbocycles. The van der Waals surface area contributed by atoms with Gasteiger partial charge in [0.1, 0.15) is 5.69 Å². The van der Waals surface area contributed by atoms with Crippen molar-refractivity contribution in [2.75, 3.05) is 11.9 Å². The predicted molar refractivity (Wildman–Crippen MR) is 96.3 cm³/mol. The van der Waals surface area contributed by atoms with E-state index in [1.165, 1.54) is 0 Å². The Balaban J connectivity index is 2.00.